The number of halogens is 1. The Bertz CT molecular complexity index is 1240. The highest BCUT2D eigenvalue weighted by molar-refractivity contribution is 9.10. The molecule has 0 saturated carbocycles. The molecule has 2 aliphatic carbocycles. The van der Waals surface area contributed by atoms with Gasteiger partial charge >= 0.3 is 0 Å². The molecule has 0 saturated heterocycles. The summed E-state index contributed by atoms with van der Waals surface area (Å²) in [5.41, 5.74) is 7.00. The molecule has 156 valence electrons. The molecule has 2 aliphatic rings. The van der Waals surface area contributed by atoms with Crippen LogP contribution >= 0.6 is 15.9 Å². The third-order valence-electron chi connectivity index (χ3n) is 6.46. The fourth-order valence-electron chi connectivity index (χ4n) is 4.72. The molecule has 0 aliphatic heterocycles. The Morgan fingerprint density at radius 1 is 0.935 bits per heavy atom. The molecule has 0 spiro atoms. The topological polar surface area (TPSA) is 35.5 Å². The number of ether oxygens (including phenoxy) is 2. The second-order valence-electron chi connectivity index (χ2n) is 8.63. The first-order valence-corrected chi connectivity index (χ1v) is 11.1. The van der Waals surface area contributed by atoms with Crippen LogP contribution in [0.3, 0.4) is 0 Å². The minimum absolute atomic E-state index is 0.0975. The van der Waals surface area contributed by atoms with Crippen molar-refractivity contribution in [1.82, 2.24) is 0 Å². The smallest absolute Gasteiger partial charge is 0.194 e. The van der Waals surface area contributed by atoms with Gasteiger partial charge in [-0.2, -0.15) is 0 Å². The number of allylic oxidation sites excluding steroid dienone is 2. The monoisotopic (exact) mass is 474 g/mol. The fourth-order valence-corrected chi connectivity index (χ4v) is 5.13. The zero-order chi connectivity index (χ0) is 21.8. The lowest BCUT2D eigenvalue weighted by molar-refractivity contribution is 0.105. The molecule has 0 bridgehead atoms. The molecule has 0 unspecified atom stereocenters. The molecule has 3 aromatic rings. The molecule has 0 N–H and O–H groups in total. The predicted molar refractivity (Wildman–Crippen MR) is 126 cm³/mol. The summed E-state index contributed by atoms with van der Waals surface area (Å²) in [5.74, 6) is 1.62. The first-order valence-electron chi connectivity index (χ1n) is 10.4. The van der Waals surface area contributed by atoms with E-state index in [0.717, 1.165) is 44.5 Å². The van der Waals surface area contributed by atoms with E-state index in [1.165, 1.54) is 11.1 Å². The zero-order valence-electron chi connectivity index (χ0n) is 17.8. The van der Waals surface area contributed by atoms with Crippen molar-refractivity contribution in [1.29, 1.82) is 0 Å². The van der Waals surface area contributed by atoms with Gasteiger partial charge in [0.1, 0.15) is 18.1 Å². The van der Waals surface area contributed by atoms with Gasteiger partial charge < -0.3 is 9.47 Å². The quantitative estimate of drug-likeness (QED) is 0.431. The summed E-state index contributed by atoms with van der Waals surface area (Å²) in [6, 6.07) is 19.9. The number of fused-ring (bicyclic) bond motifs is 3. The number of rotatable bonds is 4. The molecule has 0 amide bonds. The molecule has 4 heteroatoms. The zero-order valence-corrected chi connectivity index (χ0v) is 19.4. The van der Waals surface area contributed by atoms with Gasteiger partial charge in [0.2, 0.25) is 0 Å². The van der Waals surface area contributed by atoms with E-state index in [1.54, 1.807) is 7.11 Å². The number of hydrogen-bond donors (Lipinski definition) is 0. The molecule has 31 heavy (non-hydrogen) atoms. The molecule has 0 heterocycles. The summed E-state index contributed by atoms with van der Waals surface area (Å²) in [5, 5.41) is 0. The second kappa shape index (κ2) is 7.38. The number of carbonyl (C=O) groups is 1. The number of hydrogen-bond acceptors (Lipinski definition) is 3. The lowest BCUT2D eigenvalue weighted by atomic mass is 9.68. The van der Waals surface area contributed by atoms with Crippen molar-refractivity contribution in [3.8, 4) is 11.5 Å². The number of methoxy groups -OCH3 is 1. The standard InChI is InChI=1S/C27H23BrO3/c1-27(2)23-11-9-20(31-15-16-4-7-19(30-3)8-5-16)14-22(23)26(29)25-21-10-6-18(28)12-17(21)13-24(25)27/h4-12,14H,13,15H2,1-3H3. The summed E-state index contributed by atoms with van der Waals surface area (Å²) < 4.78 is 12.3. The lowest BCUT2D eigenvalue weighted by Crippen LogP contribution is -2.29. The lowest BCUT2D eigenvalue weighted by Gasteiger charge is -2.34. The largest absolute Gasteiger partial charge is 0.497 e. The number of Topliss-reactive ketones (excluding diaryl/α,β-unsaturated/α-hetero) is 1. The molecular weight excluding hydrogens is 452 g/mol. The SMILES string of the molecule is COc1ccc(COc2ccc3c(c2)C(=O)C2=C(Cc4cc(Br)ccc42)C3(C)C)cc1. The maximum absolute atomic E-state index is 13.6. The van der Waals surface area contributed by atoms with Crippen molar-refractivity contribution in [3.05, 3.63) is 98.5 Å². The van der Waals surface area contributed by atoms with E-state index in [1.807, 2.05) is 42.5 Å². The Morgan fingerprint density at radius 2 is 1.68 bits per heavy atom. The van der Waals surface area contributed by atoms with Crippen molar-refractivity contribution in [2.45, 2.75) is 32.3 Å². The number of ketones is 1. The van der Waals surface area contributed by atoms with E-state index >= 15 is 0 Å². The Balaban J connectivity index is 1.47. The van der Waals surface area contributed by atoms with Crippen molar-refractivity contribution < 1.29 is 14.3 Å². The van der Waals surface area contributed by atoms with E-state index in [-0.39, 0.29) is 11.2 Å². The molecule has 5 rings (SSSR count). The van der Waals surface area contributed by atoms with E-state index in [0.29, 0.717) is 12.4 Å². The first-order chi connectivity index (χ1) is 14.9. The minimum atomic E-state index is -0.210. The van der Waals surface area contributed by atoms with Crippen molar-refractivity contribution in [2.24, 2.45) is 0 Å². The van der Waals surface area contributed by atoms with Crippen molar-refractivity contribution in [3.63, 3.8) is 0 Å². The van der Waals surface area contributed by atoms with Crippen LogP contribution in [0.1, 0.15) is 46.5 Å². The fraction of sp³-hybridized carbons (Fsp3) is 0.222. The third kappa shape index (κ3) is 3.30. The Morgan fingerprint density at radius 3 is 2.42 bits per heavy atom. The van der Waals surface area contributed by atoms with Gasteiger partial charge in [-0.1, -0.05) is 54.0 Å². The summed E-state index contributed by atoms with van der Waals surface area (Å²) in [6.07, 6.45) is 0.817. The van der Waals surface area contributed by atoms with Gasteiger partial charge in [-0.15, -0.1) is 0 Å². The van der Waals surface area contributed by atoms with Crippen LogP contribution in [-0.2, 0) is 18.4 Å². The average molecular weight is 475 g/mol. The highest BCUT2D eigenvalue weighted by atomic mass is 79.9. The molecule has 3 aromatic carbocycles. The van der Waals surface area contributed by atoms with Crippen LogP contribution in [0.25, 0.3) is 5.57 Å². The number of benzene rings is 3. The number of carbonyl (C=O) groups excluding carboxylic acids is 1. The van der Waals surface area contributed by atoms with Gasteiger partial charge in [-0.05, 0) is 70.6 Å². The van der Waals surface area contributed by atoms with Gasteiger partial charge in [0.25, 0.3) is 0 Å². The first kappa shape index (κ1) is 20.1. The van der Waals surface area contributed by atoms with Crippen LogP contribution in [0.5, 0.6) is 11.5 Å². The molecule has 0 atom stereocenters. The van der Waals surface area contributed by atoms with Gasteiger partial charge in [0, 0.05) is 21.0 Å². The maximum atomic E-state index is 13.6. The van der Waals surface area contributed by atoms with Crippen LogP contribution in [0.15, 0.2) is 70.7 Å². The van der Waals surface area contributed by atoms with Crippen molar-refractivity contribution >= 4 is 27.3 Å². The second-order valence-corrected chi connectivity index (χ2v) is 9.55. The van der Waals surface area contributed by atoms with Crippen LogP contribution in [0, 0.1) is 0 Å². The molecule has 0 fully saturated rings. The van der Waals surface area contributed by atoms with Gasteiger partial charge in [-0.3, -0.25) is 4.79 Å². The molecule has 0 radical (unpaired) electrons. The molecular formula is C27H23BrO3. The van der Waals surface area contributed by atoms with Crippen molar-refractivity contribution in [2.75, 3.05) is 7.11 Å². The predicted octanol–water partition coefficient (Wildman–Crippen LogP) is 6.52. The van der Waals surface area contributed by atoms with Gasteiger partial charge in [0.15, 0.2) is 5.78 Å². The van der Waals surface area contributed by atoms with Crippen LogP contribution in [-0.4, -0.2) is 12.9 Å². The normalized spacial score (nSPS) is 15.9. The summed E-state index contributed by atoms with van der Waals surface area (Å²) in [4.78, 5) is 13.6. The van der Waals surface area contributed by atoms with Gasteiger partial charge in [0.05, 0.1) is 7.11 Å². The summed E-state index contributed by atoms with van der Waals surface area (Å²) in [6.45, 7) is 4.87. The molecule has 0 aromatic heterocycles. The summed E-state index contributed by atoms with van der Waals surface area (Å²) in [7, 11) is 1.65. The average Bonchev–Trinajstić information content (AvgIpc) is 3.16. The van der Waals surface area contributed by atoms with Gasteiger partial charge in [-0.25, -0.2) is 0 Å². The van der Waals surface area contributed by atoms with E-state index in [2.05, 4.69) is 48.0 Å². The molecule has 3 nitrogen and oxygen atoms in total. The Hall–Kier alpha value is -2.85. The Kier molecular flexibility index (Phi) is 4.78. The van der Waals surface area contributed by atoms with Crippen LogP contribution < -0.4 is 9.47 Å². The third-order valence-corrected chi connectivity index (χ3v) is 6.95. The minimum Gasteiger partial charge on any atom is -0.497 e. The van der Waals surface area contributed by atoms with Crippen LogP contribution in [0.2, 0.25) is 0 Å². The maximum Gasteiger partial charge on any atom is 0.194 e. The van der Waals surface area contributed by atoms with E-state index in [4.69, 9.17) is 9.47 Å². The van der Waals surface area contributed by atoms with Crippen LogP contribution in [0.4, 0.5) is 0 Å². The highest BCUT2D eigenvalue weighted by Crippen LogP contribution is 2.50. The van der Waals surface area contributed by atoms with E-state index < -0.39 is 0 Å². The highest BCUT2D eigenvalue weighted by Gasteiger charge is 2.42. The van der Waals surface area contributed by atoms with E-state index in [9.17, 15) is 4.79 Å². The summed E-state index contributed by atoms with van der Waals surface area (Å²) >= 11 is 3.56. The Labute approximate surface area is 190 Å².